The topological polar surface area (TPSA) is 96.9 Å². The van der Waals surface area contributed by atoms with Crippen molar-refractivity contribution in [2.24, 2.45) is 7.05 Å². The lowest BCUT2D eigenvalue weighted by Gasteiger charge is -1.99. The first-order valence-corrected chi connectivity index (χ1v) is 6.12. The number of Topliss-reactive ketones (excluding diaryl/α,β-unsaturated/α-hetero) is 1. The van der Waals surface area contributed by atoms with Crippen LogP contribution in [0.2, 0.25) is 0 Å². The fourth-order valence-electron chi connectivity index (χ4n) is 2.26. The highest BCUT2D eigenvalue weighted by molar-refractivity contribution is 5.97. The first-order valence-electron chi connectivity index (χ1n) is 6.12. The molecule has 0 saturated heterocycles. The number of carbonyl (C=O) groups is 1. The van der Waals surface area contributed by atoms with E-state index in [2.05, 4.69) is 9.97 Å². The lowest BCUT2D eigenvalue weighted by Crippen LogP contribution is -1.91. The molecular formula is C14H14N4O2. The molecule has 1 aromatic carbocycles. The molecule has 2 aromatic heterocycles. The number of H-pyrrole nitrogens is 1. The summed E-state index contributed by atoms with van der Waals surface area (Å²) < 4.78 is 1.70. The lowest BCUT2D eigenvalue weighted by atomic mass is 10.1. The van der Waals surface area contributed by atoms with E-state index in [1.54, 1.807) is 36.0 Å². The van der Waals surface area contributed by atoms with Crippen molar-refractivity contribution in [1.82, 2.24) is 14.5 Å². The summed E-state index contributed by atoms with van der Waals surface area (Å²) in [6.45, 7) is 1.52. The smallest absolute Gasteiger partial charge is 0.167 e. The van der Waals surface area contributed by atoms with Crippen molar-refractivity contribution in [3.63, 3.8) is 0 Å². The quantitative estimate of drug-likeness (QED) is 0.621. The lowest BCUT2D eigenvalue weighted by molar-refractivity contribution is 0.101. The number of ketones is 1. The standard InChI is InChI=1S/C14H14N4O2/c1-7(19)8-3-4-10-11(5-8)17-14(16-10)12-13(20)9(15)6-18(12)2/h3-6,20H,15H2,1-2H3,(H,16,17). The predicted molar refractivity (Wildman–Crippen MR) is 76.6 cm³/mol. The van der Waals surface area contributed by atoms with Crippen LogP contribution in [-0.2, 0) is 7.05 Å². The van der Waals surface area contributed by atoms with Gasteiger partial charge in [0, 0.05) is 18.8 Å². The van der Waals surface area contributed by atoms with Crippen LogP contribution in [0.3, 0.4) is 0 Å². The Morgan fingerprint density at radius 3 is 2.80 bits per heavy atom. The number of carbonyl (C=O) groups excluding carboxylic acids is 1. The van der Waals surface area contributed by atoms with Crippen molar-refractivity contribution in [3.8, 4) is 17.3 Å². The first-order chi connectivity index (χ1) is 9.47. The minimum Gasteiger partial charge on any atom is -0.504 e. The van der Waals surface area contributed by atoms with Gasteiger partial charge in [0.05, 0.1) is 16.7 Å². The van der Waals surface area contributed by atoms with E-state index in [0.29, 0.717) is 22.8 Å². The number of aromatic amines is 1. The van der Waals surface area contributed by atoms with Gasteiger partial charge in [0.15, 0.2) is 17.4 Å². The second-order valence-electron chi connectivity index (χ2n) is 4.77. The molecule has 0 spiro atoms. The molecule has 0 aliphatic rings. The zero-order chi connectivity index (χ0) is 14.4. The van der Waals surface area contributed by atoms with Crippen LogP contribution in [0.1, 0.15) is 17.3 Å². The SMILES string of the molecule is CC(=O)c1ccc2nc(-c3c(O)c(N)cn3C)[nH]c2c1. The second-order valence-corrected chi connectivity index (χ2v) is 4.77. The summed E-state index contributed by atoms with van der Waals surface area (Å²) in [5.74, 6) is 0.504. The molecule has 20 heavy (non-hydrogen) atoms. The molecule has 0 bridgehead atoms. The van der Waals surface area contributed by atoms with Gasteiger partial charge < -0.3 is 20.4 Å². The minimum absolute atomic E-state index is 0.00153. The molecular weight excluding hydrogens is 256 g/mol. The number of aromatic nitrogens is 3. The van der Waals surface area contributed by atoms with Gasteiger partial charge in [-0.05, 0) is 25.1 Å². The Morgan fingerprint density at radius 2 is 2.20 bits per heavy atom. The zero-order valence-corrected chi connectivity index (χ0v) is 11.1. The summed E-state index contributed by atoms with van der Waals surface area (Å²) in [6.07, 6.45) is 1.62. The molecule has 0 unspecified atom stereocenters. The Bertz CT molecular complexity index is 829. The minimum atomic E-state index is -0.00555. The number of fused-ring (bicyclic) bond motifs is 1. The van der Waals surface area contributed by atoms with E-state index in [9.17, 15) is 9.90 Å². The number of anilines is 1. The van der Waals surface area contributed by atoms with Crippen LogP contribution in [0, 0.1) is 0 Å². The molecule has 0 amide bonds. The predicted octanol–water partition coefficient (Wildman–Crippen LogP) is 2.06. The number of hydrogen-bond acceptors (Lipinski definition) is 4. The number of aromatic hydroxyl groups is 1. The maximum absolute atomic E-state index is 11.4. The van der Waals surface area contributed by atoms with Gasteiger partial charge in [-0.1, -0.05) is 0 Å². The molecule has 0 aliphatic carbocycles. The summed E-state index contributed by atoms with van der Waals surface area (Å²) in [5, 5.41) is 9.98. The largest absolute Gasteiger partial charge is 0.504 e. The van der Waals surface area contributed by atoms with Crippen LogP contribution >= 0.6 is 0 Å². The average molecular weight is 270 g/mol. The molecule has 0 fully saturated rings. The van der Waals surface area contributed by atoms with Gasteiger partial charge in [0.25, 0.3) is 0 Å². The van der Waals surface area contributed by atoms with E-state index in [0.717, 1.165) is 11.0 Å². The van der Waals surface area contributed by atoms with Crippen LogP contribution in [-0.4, -0.2) is 25.4 Å². The Balaban J connectivity index is 2.20. The molecule has 2 heterocycles. The van der Waals surface area contributed by atoms with Crippen LogP contribution in [0.25, 0.3) is 22.6 Å². The number of nitrogens with one attached hydrogen (secondary N) is 1. The Morgan fingerprint density at radius 1 is 1.45 bits per heavy atom. The first kappa shape index (κ1) is 12.3. The summed E-state index contributed by atoms with van der Waals surface area (Å²) >= 11 is 0. The highest BCUT2D eigenvalue weighted by atomic mass is 16.3. The average Bonchev–Trinajstić information content (AvgIpc) is 2.90. The van der Waals surface area contributed by atoms with Gasteiger partial charge in [-0.15, -0.1) is 0 Å². The highest BCUT2D eigenvalue weighted by Crippen LogP contribution is 2.34. The summed E-state index contributed by atoms with van der Waals surface area (Å²) in [5.41, 5.74) is 8.58. The summed E-state index contributed by atoms with van der Waals surface area (Å²) in [4.78, 5) is 18.9. The summed E-state index contributed by atoms with van der Waals surface area (Å²) in [6, 6.07) is 5.25. The fraction of sp³-hybridized carbons (Fsp3) is 0.143. The van der Waals surface area contributed by atoms with E-state index in [1.165, 1.54) is 6.92 Å². The van der Waals surface area contributed by atoms with Gasteiger partial charge in [-0.2, -0.15) is 0 Å². The molecule has 0 atom stereocenters. The maximum Gasteiger partial charge on any atom is 0.167 e. The fourth-order valence-corrected chi connectivity index (χ4v) is 2.26. The molecule has 4 N–H and O–H groups in total. The van der Waals surface area contributed by atoms with Crippen molar-refractivity contribution >= 4 is 22.5 Å². The number of rotatable bonds is 2. The number of hydrogen-bond donors (Lipinski definition) is 3. The molecule has 0 radical (unpaired) electrons. The van der Waals surface area contributed by atoms with E-state index in [4.69, 9.17) is 5.73 Å². The molecule has 3 rings (SSSR count). The van der Waals surface area contributed by atoms with Gasteiger partial charge in [0.2, 0.25) is 0 Å². The third-order valence-electron chi connectivity index (χ3n) is 3.30. The molecule has 6 heteroatoms. The number of nitrogens with zero attached hydrogens (tertiary/aromatic N) is 2. The van der Waals surface area contributed by atoms with Crippen molar-refractivity contribution in [2.75, 3.05) is 5.73 Å². The number of benzene rings is 1. The van der Waals surface area contributed by atoms with Gasteiger partial charge >= 0.3 is 0 Å². The molecule has 6 nitrogen and oxygen atoms in total. The van der Waals surface area contributed by atoms with Crippen molar-refractivity contribution in [2.45, 2.75) is 6.92 Å². The van der Waals surface area contributed by atoms with Crippen LogP contribution in [0.4, 0.5) is 5.69 Å². The second kappa shape index (κ2) is 4.12. The van der Waals surface area contributed by atoms with Crippen LogP contribution in [0.15, 0.2) is 24.4 Å². The number of nitrogens with two attached hydrogens (primary N) is 1. The number of aryl methyl sites for hydroxylation is 1. The van der Waals surface area contributed by atoms with E-state index in [-0.39, 0.29) is 11.5 Å². The van der Waals surface area contributed by atoms with E-state index >= 15 is 0 Å². The highest BCUT2D eigenvalue weighted by Gasteiger charge is 2.16. The van der Waals surface area contributed by atoms with Gasteiger partial charge in [-0.3, -0.25) is 4.79 Å². The van der Waals surface area contributed by atoms with Gasteiger partial charge in [0.1, 0.15) is 5.69 Å². The Hall–Kier alpha value is -2.76. The zero-order valence-electron chi connectivity index (χ0n) is 11.1. The Kier molecular flexibility index (Phi) is 2.53. The number of nitrogen functional groups attached to an aromatic ring is 1. The van der Waals surface area contributed by atoms with E-state index < -0.39 is 0 Å². The van der Waals surface area contributed by atoms with E-state index in [1.807, 2.05) is 0 Å². The molecule has 0 aliphatic heterocycles. The van der Waals surface area contributed by atoms with Crippen molar-refractivity contribution < 1.29 is 9.90 Å². The van der Waals surface area contributed by atoms with Gasteiger partial charge in [-0.25, -0.2) is 4.98 Å². The monoisotopic (exact) mass is 270 g/mol. The third kappa shape index (κ3) is 1.73. The molecule has 3 aromatic rings. The number of imidazole rings is 1. The third-order valence-corrected chi connectivity index (χ3v) is 3.30. The molecule has 0 saturated carbocycles. The molecule has 102 valence electrons. The van der Waals surface area contributed by atoms with Crippen molar-refractivity contribution in [1.29, 1.82) is 0 Å². The Labute approximate surface area is 114 Å². The van der Waals surface area contributed by atoms with Crippen LogP contribution in [0.5, 0.6) is 5.75 Å². The normalized spacial score (nSPS) is 11.1. The van der Waals surface area contributed by atoms with Crippen LogP contribution < -0.4 is 5.73 Å². The maximum atomic E-state index is 11.4. The summed E-state index contributed by atoms with van der Waals surface area (Å²) in [7, 11) is 1.78. The van der Waals surface area contributed by atoms with Crippen molar-refractivity contribution in [3.05, 3.63) is 30.0 Å².